The van der Waals surface area contributed by atoms with Gasteiger partial charge in [-0.1, -0.05) is 18.2 Å². The number of halogens is 4. The van der Waals surface area contributed by atoms with E-state index in [0.717, 1.165) is 17.7 Å². The summed E-state index contributed by atoms with van der Waals surface area (Å²) >= 11 is 1.20. The van der Waals surface area contributed by atoms with E-state index in [9.17, 15) is 26.0 Å². The number of alkyl halides is 2. The quantitative estimate of drug-likeness (QED) is 0.395. The van der Waals surface area contributed by atoms with E-state index in [1.807, 2.05) is 0 Å². The summed E-state index contributed by atoms with van der Waals surface area (Å²) in [6.07, 6.45) is -1.83. The van der Waals surface area contributed by atoms with Crippen molar-refractivity contribution in [3.8, 4) is 0 Å². The van der Waals surface area contributed by atoms with Crippen LogP contribution in [-0.4, -0.2) is 44.5 Å². The summed E-state index contributed by atoms with van der Waals surface area (Å²) in [5.74, 6) is -2.87. The molecule has 0 saturated carbocycles. The van der Waals surface area contributed by atoms with Crippen LogP contribution in [0.25, 0.3) is 0 Å². The first-order valence-electron chi connectivity index (χ1n) is 10.5. The summed E-state index contributed by atoms with van der Waals surface area (Å²) in [6.45, 7) is 1.75. The molecule has 3 aromatic rings. The third-order valence-electron chi connectivity index (χ3n) is 5.93. The maximum absolute atomic E-state index is 14.8. The van der Waals surface area contributed by atoms with Crippen LogP contribution in [0.3, 0.4) is 0 Å². The maximum Gasteiger partial charge on any atom is 0.263 e. The highest BCUT2D eigenvalue weighted by molar-refractivity contribution is 7.90. The molecular weight excluding hydrogens is 490 g/mol. The number of anilines is 1. The molecular formula is C23H23F4N3O2S2. The van der Waals surface area contributed by atoms with Crippen LogP contribution in [0.1, 0.15) is 29.7 Å². The van der Waals surface area contributed by atoms with E-state index in [4.69, 9.17) is 0 Å². The van der Waals surface area contributed by atoms with Gasteiger partial charge in [-0.2, -0.15) is 0 Å². The van der Waals surface area contributed by atoms with Crippen molar-refractivity contribution in [1.29, 1.82) is 0 Å². The highest BCUT2D eigenvalue weighted by atomic mass is 32.2. The first-order chi connectivity index (χ1) is 16.1. The summed E-state index contributed by atoms with van der Waals surface area (Å²) in [5, 5.41) is 1.52. The summed E-state index contributed by atoms with van der Waals surface area (Å²) in [5.41, 5.74) is 2.66. The Balaban J connectivity index is 1.46. The van der Waals surface area contributed by atoms with E-state index in [1.54, 1.807) is 24.1 Å². The molecule has 0 spiro atoms. The van der Waals surface area contributed by atoms with Crippen LogP contribution in [-0.2, 0) is 22.1 Å². The van der Waals surface area contributed by atoms with E-state index in [-0.39, 0.29) is 23.0 Å². The van der Waals surface area contributed by atoms with E-state index >= 15 is 0 Å². The predicted octanol–water partition coefficient (Wildman–Crippen LogP) is 5.04. The highest BCUT2D eigenvalue weighted by Gasteiger charge is 2.30. The van der Waals surface area contributed by atoms with Crippen molar-refractivity contribution in [2.24, 2.45) is 0 Å². The number of hydrogen-bond acceptors (Lipinski definition) is 6. The molecule has 0 bridgehead atoms. The molecule has 1 aliphatic heterocycles. The Hall–Kier alpha value is -2.50. The summed E-state index contributed by atoms with van der Waals surface area (Å²) in [7, 11) is -2.55. The monoisotopic (exact) mass is 513 g/mol. The van der Waals surface area contributed by atoms with Gasteiger partial charge in [0.25, 0.3) is 6.43 Å². The molecule has 2 aromatic carbocycles. The van der Waals surface area contributed by atoms with Crippen LogP contribution in [0.2, 0.25) is 0 Å². The topological polar surface area (TPSA) is 53.5 Å². The molecule has 4 rings (SSSR count). The van der Waals surface area contributed by atoms with Crippen LogP contribution in [0.4, 0.5) is 23.2 Å². The van der Waals surface area contributed by atoms with Gasteiger partial charge >= 0.3 is 0 Å². The number of aromatic nitrogens is 1. The lowest BCUT2D eigenvalue weighted by Crippen LogP contribution is -2.34. The second kappa shape index (κ2) is 10.0. The molecule has 0 amide bonds. The van der Waals surface area contributed by atoms with Crippen molar-refractivity contribution >= 4 is 26.9 Å². The zero-order chi connectivity index (χ0) is 24.5. The van der Waals surface area contributed by atoms with Gasteiger partial charge in [-0.3, -0.25) is 4.90 Å². The Morgan fingerprint density at radius 2 is 1.94 bits per heavy atom. The number of sulfone groups is 1. The molecule has 34 heavy (non-hydrogen) atoms. The van der Waals surface area contributed by atoms with Gasteiger partial charge in [-0.15, -0.1) is 11.3 Å². The van der Waals surface area contributed by atoms with Crippen molar-refractivity contribution < 1.29 is 26.0 Å². The standard InChI is InChI=1S/C23H23F4N3O2S2/c1-29(18-5-6-30(11-18)10-15-3-2-4-16(7-15)23(26)27)19-8-20(24)22(21(25)9-19)34(31,32)13-17-12-33-14-28-17/h2-4,7-9,12,14,18,23H,5-6,10-11,13H2,1H3/t18-/m0/s1. The Labute approximate surface area is 199 Å². The number of benzene rings is 2. The lowest BCUT2D eigenvalue weighted by atomic mass is 10.1. The number of likely N-dealkylation sites (tertiary alicyclic amines) is 1. The van der Waals surface area contributed by atoms with E-state index < -0.39 is 38.5 Å². The van der Waals surface area contributed by atoms with E-state index in [0.29, 0.717) is 26.1 Å². The van der Waals surface area contributed by atoms with E-state index in [1.165, 1.54) is 34.4 Å². The van der Waals surface area contributed by atoms with Crippen molar-refractivity contribution in [2.75, 3.05) is 25.0 Å². The number of rotatable bonds is 8. The molecule has 1 aliphatic rings. The van der Waals surface area contributed by atoms with Gasteiger partial charge in [0.2, 0.25) is 0 Å². The second-order valence-corrected chi connectivity index (χ2v) is 11.0. The fraction of sp³-hybridized carbons (Fsp3) is 0.348. The largest absolute Gasteiger partial charge is 0.370 e. The molecule has 1 saturated heterocycles. The lowest BCUT2D eigenvalue weighted by molar-refractivity contribution is 0.151. The average molecular weight is 514 g/mol. The zero-order valence-electron chi connectivity index (χ0n) is 18.3. The molecule has 1 fully saturated rings. The highest BCUT2D eigenvalue weighted by Crippen LogP contribution is 2.30. The molecule has 0 aliphatic carbocycles. The third kappa shape index (κ3) is 5.42. The van der Waals surface area contributed by atoms with Gasteiger partial charge in [0.05, 0.1) is 17.0 Å². The number of likely N-dealkylation sites (N-methyl/N-ethyl adjacent to an activating group) is 1. The second-order valence-electron chi connectivity index (χ2n) is 8.31. The van der Waals surface area contributed by atoms with Gasteiger partial charge in [-0.25, -0.2) is 31.0 Å². The first-order valence-corrected chi connectivity index (χ1v) is 13.1. The third-order valence-corrected chi connectivity index (χ3v) is 8.25. The summed E-state index contributed by atoms with van der Waals surface area (Å²) in [4.78, 5) is 6.73. The zero-order valence-corrected chi connectivity index (χ0v) is 19.9. The molecule has 0 radical (unpaired) electrons. The maximum atomic E-state index is 14.8. The predicted molar refractivity (Wildman–Crippen MR) is 123 cm³/mol. The van der Waals surface area contributed by atoms with Crippen LogP contribution >= 0.6 is 11.3 Å². The van der Waals surface area contributed by atoms with Crippen molar-refractivity contribution in [3.63, 3.8) is 0 Å². The fourth-order valence-electron chi connectivity index (χ4n) is 4.19. The van der Waals surface area contributed by atoms with Gasteiger partial charge in [-0.05, 0) is 30.2 Å². The minimum absolute atomic E-state index is 0.0267. The molecule has 2 heterocycles. The Morgan fingerprint density at radius 3 is 2.59 bits per heavy atom. The van der Waals surface area contributed by atoms with Gasteiger partial charge < -0.3 is 4.90 Å². The fourth-order valence-corrected chi connectivity index (χ4v) is 6.26. The van der Waals surface area contributed by atoms with Gasteiger partial charge in [0.15, 0.2) is 9.84 Å². The smallest absolute Gasteiger partial charge is 0.263 e. The minimum Gasteiger partial charge on any atom is -0.370 e. The van der Waals surface area contributed by atoms with Gasteiger partial charge in [0.1, 0.15) is 16.5 Å². The molecule has 11 heteroatoms. The van der Waals surface area contributed by atoms with E-state index in [2.05, 4.69) is 9.88 Å². The molecule has 1 aromatic heterocycles. The van der Waals surface area contributed by atoms with Crippen LogP contribution in [0.5, 0.6) is 0 Å². The lowest BCUT2D eigenvalue weighted by Gasteiger charge is -2.27. The van der Waals surface area contributed by atoms with Gasteiger partial charge in [0, 0.05) is 49.4 Å². The normalized spacial score (nSPS) is 16.9. The Kier molecular flexibility index (Phi) is 7.25. The molecule has 1 atom stereocenters. The van der Waals surface area contributed by atoms with Crippen LogP contribution in [0, 0.1) is 11.6 Å². The minimum atomic E-state index is -4.25. The van der Waals surface area contributed by atoms with Crippen LogP contribution < -0.4 is 4.90 Å². The van der Waals surface area contributed by atoms with Crippen molar-refractivity contribution in [3.05, 3.63) is 75.7 Å². The van der Waals surface area contributed by atoms with Crippen LogP contribution in [0.15, 0.2) is 52.2 Å². The average Bonchev–Trinajstić information content (AvgIpc) is 3.44. The Morgan fingerprint density at radius 1 is 1.21 bits per heavy atom. The number of thiazole rings is 1. The summed E-state index contributed by atoms with van der Waals surface area (Å²) in [6, 6.07) is 8.26. The molecule has 182 valence electrons. The molecule has 0 unspecified atom stereocenters. The SMILES string of the molecule is CN(c1cc(F)c(S(=O)(=O)Cc2cscn2)c(F)c1)[C@H]1CCN(Cc2cccc(C(F)F)c2)C1. The number of nitrogens with zero attached hydrogens (tertiary/aromatic N) is 3. The number of hydrogen-bond donors (Lipinski definition) is 0. The Bertz CT molecular complexity index is 1230. The van der Waals surface area contributed by atoms with Crippen molar-refractivity contribution in [1.82, 2.24) is 9.88 Å². The molecule has 0 N–H and O–H groups in total. The first kappa shape index (κ1) is 24.6. The summed E-state index contributed by atoms with van der Waals surface area (Å²) < 4.78 is 80.7. The van der Waals surface area contributed by atoms with Crippen molar-refractivity contribution in [2.45, 2.75) is 36.1 Å². The molecule has 5 nitrogen and oxygen atoms in total.